The fourth-order valence-electron chi connectivity index (χ4n) is 1.71. The molecule has 3 N–H and O–H groups in total. The summed E-state index contributed by atoms with van der Waals surface area (Å²) in [6.07, 6.45) is 0.950. The maximum atomic E-state index is 10.5. The van der Waals surface area contributed by atoms with Crippen molar-refractivity contribution in [2.45, 2.75) is 13.0 Å². The highest BCUT2D eigenvalue weighted by Crippen LogP contribution is 2.23. The number of nitrogens with one attached hydrogen (secondary N) is 1. The first-order chi connectivity index (χ1) is 8.99. The monoisotopic (exact) mass is 339 g/mol. The Morgan fingerprint density at radius 2 is 2.10 bits per heavy atom. The van der Waals surface area contributed by atoms with Gasteiger partial charge in [0.05, 0.1) is 16.6 Å². The van der Waals surface area contributed by atoms with Gasteiger partial charge in [-0.3, -0.25) is 4.79 Å². The topological polar surface area (TPSA) is 58.4 Å². The van der Waals surface area contributed by atoms with E-state index < -0.39 is 0 Å². The van der Waals surface area contributed by atoms with Crippen LogP contribution in [0.3, 0.4) is 0 Å². The number of benzene rings is 1. The van der Waals surface area contributed by atoms with Gasteiger partial charge in [0.15, 0.2) is 0 Å². The zero-order chi connectivity index (χ0) is 14.3. The minimum Gasteiger partial charge on any atom is -1.00 e. The molecule has 0 bridgehead atoms. The molecule has 1 amide bonds. The van der Waals surface area contributed by atoms with Crippen molar-refractivity contribution >= 4 is 29.1 Å². The predicted molar refractivity (Wildman–Crippen MR) is 80.6 cm³/mol. The molecule has 0 saturated carbocycles. The van der Waals surface area contributed by atoms with Crippen LogP contribution in [0.15, 0.2) is 18.2 Å². The van der Waals surface area contributed by atoms with Gasteiger partial charge in [-0.05, 0) is 44.3 Å². The van der Waals surface area contributed by atoms with E-state index in [0.717, 1.165) is 31.6 Å². The number of hydrogen-bond donors (Lipinski definition) is 2. The standard InChI is InChI=1S/C13H19Cl2N3O.ClH/c1-18(6-2-5-17-8-13(16)19)9-10-3-4-11(14)12(15)7-10;/h3-4,7,17H,2,5-6,8-9H2,1H3,(H2,16,19);1H. The maximum Gasteiger partial charge on any atom is 1.00 e. The third-order valence-electron chi connectivity index (χ3n) is 2.63. The van der Waals surface area contributed by atoms with Gasteiger partial charge in [-0.25, -0.2) is 0 Å². The van der Waals surface area contributed by atoms with Crippen molar-refractivity contribution in [2.75, 3.05) is 26.7 Å². The summed E-state index contributed by atoms with van der Waals surface area (Å²) in [5.74, 6) is -0.329. The van der Waals surface area contributed by atoms with Crippen LogP contribution in [0.2, 0.25) is 10.0 Å². The van der Waals surface area contributed by atoms with Crippen LogP contribution in [0.1, 0.15) is 13.4 Å². The van der Waals surface area contributed by atoms with Crippen molar-refractivity contribution in [1.29, 1.82) is 0 Å². The fourth-order valence-corrected chi connectivity index (χ4v) is 2.03. The molecule has 0 atom stereocenters. The second kappa shape index (κ2) is 10.2. The number of rotatable bonds is 8. The first-order valence-electron chi connectivity index (χ1n) is 6.10. The van der Waals surface area contributed by atoms with Crippen LogP contribution in [0.25, 0.3) is 0 Å². The van der Waals surface area contributed by atoms with Crippen molar-refractivity contribution < 1.29 is 18.6 Å². The van der Waals surface area contributed by atoms with Gasteiger partial charge in [-0.2, -0.15) is 0 Å². The highest BCUT2D eigenvalue weighted by molar-refractivity contribution is 6.42. The van der Waals surface area contributed by atoms with Crippen LogP contribution in [-0.2, 0) is 11.3 Å². The number of carbonyl (C=O) groups is 1. The smallest absolute Gasteiger partial charge is 1.00 e. The third-order valence-corrected chi connectivity index (χ3v) is 3.37. The lowest BCUT2D eigenvalue weighted by molar-refractivity contribution is -0.117. The molecule has 0 aliphatic heterocycles. The molecule has 0 saturated heterocycles. The van der Waals surface area contributed by atoms with E-state index in [2.05, 4.69) is 10.2 Å². The van der Waals surface area contributed by atoms with Gasteiger partial charge in [-0.1, -0.05) is 29.3 Å². The van der Waals surface area contributed by atoms with Crippen molar-refractivity contribution in [1.82, 2.24) is 10.2 Å². The first kappa shape index (κ1) is 19.5. The molecule has 0 aliphatic carbocycles. The number of primary amides is 1. The molecular weight excluding hydrogens is 321 g/mol. The summed E-state index contributed by atoms with van der Waals surface area (Å²) in [4.78, 5) is 12.7. The molecular formula is C13H20Cl3N3O. The fraction of sp³-hybridized carbons (Fsp3) is 0.462. The van der Waals surface area contributed by atoms with Gasteiger partial charge < -0.3 is 28.4 Å². The molecule has 0 aliphatic rings. The molecule has 0 fully saturated rings. The summed E-state index contributed by atoms with van der Waals surface area (Å²) in [6, 6.07) is 5.66. The predicted octanol–water partition coefficient (Wildman–Crippen LogP) is -0.993. The third kappa shape index (κ3) is 7.92. The van der Waals surface area contributed by atoms with Crippen molar-refractivity contribution in [3.8, 4) is 0 Å². The van der Waals surface area contributed by atoms with Gasteiger partial charge >= 0.3 is 1.43 Å². The lowest BCUT2D eigenvalue weighted by atomic mass is 10.2. The lowest BCUT2D eigenvalue weighted by Crippen LogP contribution is -3.00. The molecule has 7 heteroatoms. The largest absolute Gasteiger partial charge is 1.00 e. The lowest BCUT2D eigenvalue weighted by Gasteiger charge is -2.17. The van der Waals surface area contributed by atoms with Crippen LogP contribution < -0.4 is 23.5 Å². The van der Waals surface area contributed by atoms with E-state index in [1.165, 1.54) is 0 Å². The molecule has 0 radical (unpaired) electrons. The van der Waals surface area contributed by atoms with Crippen LogP contribution >= 0.6 is 23.2 Å². The molecule has 1 aromatic rings. The molecule has 0 unspecified atom stereocenters. The first-order valence-corrected chi connectivity index (χ1v) is 6.86. The van der Waals surface area contributed by atoms with Gasteiger partial charge in [-0.15, -0.1) is 0 Å². The Morgan fingerprint density at radius 3 is 2.70 bits per heavy atom. The summed E-state index contributed by atoms with van der Waals surface area (Å²) < 4.78 is 0. The Balaban J connectivity index is 0. The zero-order valence-electron chi connectivity index (χ0n) is 12.3. The van der Waals surface area contributed by atoms with E-state index >= 15 is 0 Å². The van der Waals surface area contributed by atoms with Gasteiger partial charge in [0.25, 0.3) is 0 Å². The highest BCUT2D eigenvalue weighted by Gasteiger charge is 2.03. The van der Waals surface area contributed by atoms with E-state index in [-0.39, 0.29) is 26.3 Å². The second-order valence-corrected chi connectivity index (χ2v) is 5.30. The average molecular weight is 341 g/mol. The van der Waals surface area contributed by atoms with E-state index in [0.29, 0.717) is 10.0 Å². The van der Waals surface area contributed by atoms with Gasteiger partial charge in [0, 0.05) is 6.54 Å². The highest BCUT2D eigenvalue weighted by atomic mass is 35.5. The Hall–Kier alpha value is -0.520. The number of nitrogens with two attached hydrogens (primary N) is 1. The molecule has 0 spiro atoms. The SMILES string of the molecule is CN(CCCNCC(N)=O)Cc1ccc(Cl)c(Cl)c1.[Cl-].[H+]. The van der Waals surface area contributed by atoms with Crippen molar-refractivity contribution in [3.63, 3.8) is 0 Å². The molecule has 0 heterocycles. The minimum absolute atomic E-state index is 0. The van der Waals surface area contributed by atoms with E-state index in [9.17, 15) is 4.79 Å². The number of carbonyl (C=O) groups excluding carboxylic acids is 1. The quantitative estimate of drug-likeness (QED) is 0.597. The van der Waals surface area contributed by atoms with Crippen LogP contribution in [0.4, 0.5) is 0 Å². The second-order valence-electron chi connectivity index (χ2n) is 4.48. The van der Waals surface area contributed by atoms with Crippen molar-refractivity contribution in [3.05, 3.63) is 33.8 Å². The molecule has 4 nitrogen and oxygen atoms in total. The maximum absolute atomic E-state index is 10.5. The number of halogens is 3. The Labute approximate surface area is 137 Å². The number of hydrogen-bond acceptors (Lipinski definition) is 3. The summed E-state index contributed by atoms with van der Waals surface area (Å²) in [7, 11) is 2.04. The van der Waals surface area contributed by atoms with E-state index in [4.69, 9.17) is 28.9 Å². The van der Waals surface area contributed by atoms with Crippen LogP contribution in [-0.4, -0.2) is 37.5 Å². The Bertz CT molecular complexity index is 435. The summed E-state index contributed by atoms with van der Waals surface area (Å²) in [5, 5.41) is 4.13. The Kier molecular flexibility index (Phi) is 9.98. The summed E-state index contributed by atoms with van der Waals surface area (Å²) >= 11 is 11.8. The molecule has 1 aromatic carbocycles. The number of nitrogens with zero attached hydrogens (tertiary/aromatic N) is 1. The van der Waals surface area contributed by atoms with Gasteiger partial charge in [0.1, 0.15) is 0 Å². The molecule has 114 valence electrons. The minimum atomic E-state index is -0.329. The van der Waals surface area contributed by atoms with E-state index in [1.54, 1.807) is 0 Å². The normalized spacial score (nSPS) is 10.4. The van der Waals surface area contributed by atoms with Crippen LogP contribution in [0.5, 0.6) is 0 Å². The average Bonchev–Trinajstić information content (AvgIpc) is 2.33. The zero-order valence-corrected chi connectivity index (χ0v) is 13.6. The van der Waals surface area contributed by atoms with E-state index in [1.807, 2.05) is 25.2 Å². The molecule has 1 rings (SSSR count). The molecule has 0 aromatic heterocycles. The van der Waals surface area contributed by atoms with Crippen molar-refractivity contribution in [2.24, 2.45) is 5.73 Å². The molecule has 20 heavy (non-hydrogen) atoms. The number of amides is 1. The summed E-state index contributed by atoms with van der Waals surface area (Å²) in [6.45, 7) is 2.74. The van der Waals surface area contributed by atoms with Gasteiger partial charge in [0.2, 0.25) is 5.91 Å². The van der Waals surface area contributed by atoms with Crippen LogP contribution in [0, 0.1) is 0 Å². The summed E-state index contributed by atoms with van der Waals surface area (Å²) in [5.41, 5.74) is 6.15. The Morgan fingerprint density at radius 1 is 1.40 bits per heavy atom.